The summed E-state index contributed by atoms with van der Waals surface area (Å²) in [6.07, 6.45) is -1.88. The van der Waals surface area contributed by atoms with Crippen molar-refractivity contribution in [3.05, 3.63) is 42.2 Å². The van der Waals surface area contributed by atoms with Gasteiger partial charge in [0.2, 0.25) is 0 Å². The van der Waals surface area contributed by atoms with Crippen LogP contribution >= 0.6 is 11.8 Å². The second-order valence-corrected chi connectivity index (χ2v) is 5.60. The summed E-state index contributed by atoms with van der Waals surface area (Å²) in [6, 6.07) is 8.60. The van der Waals surface area contributed by atoms with Crippen molar-refractivity contribution in [3.63, 3.8) is 0 Å². The topological polar surface area (TPSA) is 60.0 Å². The first-order valence-electron chi connectivity index (χ1n) is 6.41. The third-order valence-corrected chi connectivity index (χ3v) is 3.97. The number of halogens is 2. The second-order valence-electron chi connectivity index (χ2n) is 4.64. The van der Waals surface area contributed by atoms with Crippen molar-refractivity contribution in [3.8, 4) is 11.5 Å². The molecule has 8 heteroatoms. The molecule has 1 aliphatic rings. The number of alkyl halides is 2. The number of pyridine rings is 1. The monoisotopic (exact) mass is 321 g/mol. The molecule has 3 heterocycles. The zero-order chi connectivity index (χ0) is 15.2. The van der Waals surface area contributed by atoms with Gasteiger partial charge in [-0.05, 0) is 12.1 Å². The summed E-state index contributed by atoms with van der Waals surface area (Å²) in [7, 11) is 0. The summed E-state index contributed by atoms with van der Waals surface area (Å²) in [6.45, 7) is 0. The number of nitrogens with zero attached hydrogens (tertiary/aromatic N) is 2. The minimum absolute atomic E-state index is 0.00225. The SMILES string of the molecule is FC1(F)Oc2cc3nc(SCc4ccccn4)[nH]c3cc2O1. The van der Waals surface area contributed by atoms with Crippen LogP contribution in [0, 0.1) is 0 Å². The van der Waals surface area contributed by atoms with Gasteiger partial charge in [0.15, 0.2) is 16.7 Å². The molecule has 0 spiro atoms. The van der Waals surface area contributed by atoms with Gasteiger partial charge in [-0.1, -0.05) is 17.8 Å². The van der Waals surface area contributed by atoms with Crippen LogP contribution in [0.2, 0.25) is 0 Å². The molecule has 0 unspecified atom stereocenters. The number of hydrogen-bond donors (Lipinski definition) is 1. The maximum Gasteiger partial charge on any atom is 0.586 e. The van der Waals surface area contributed by atoms with E-state index in [0.29, 0.717) is 21.9 Å². The number of aromatic nitrogens is 3. The first-order valence-corrected chi connectivity index (χ1v) is 7.40. The van der Waals surface area contributed by atoms with Gasteiger partial charge in [0, 0.05) is 24.1 Å². The molecule has 0 radical (unpaired) electrons. The summed E-state index contributed by atoms with van der Waals surface area (Å²) in [5.74, 6) is 0.651. The third kappa shape index (κ3) is 2.45. The maximum absolute atomic E-state index is 13.0. The Labute approximate surface area is 127 Å². The van der Waals surface area contributed by atoms with Crippen molar-refractivity contribution in [2.75, 3.05) is 0 Å². The molecule has 1 aliphatic heterocycles. The molecule has 0 aliphatic carbocycles. The Bertz CT molecular complexity index is 794. The standard InChI is InChI=1S/C14H9F2N3O2S/c15-14(16)20-11-5-9-10(6-12(11)21-14)19-13(18-9)22-7-8-3-1-2-4-17-8/h1-6H,7H2,(H,18,19). The van der Waals surface area contributed by atoms with E-state index in [1.165, 1.54) is 23.9 Å². The Morgan fingerprint density at radius 1 is 1.18 bits per heavy atom. The second kappa shape index (κ2) is 4.84. The van der Waals surface area contributed by atoms with E-state index in [1.807, 2.05) is 18.2 Å². The van der Waals surface area contributed by atoms with Crippen LogP contribution in [-0.4, -0.2) is 21.2 Å². The van der Waals surface area contributed by atoms with Gasteiger partial charge >= 0.3 is 6.29 Å². The van der Waals surface area contributed by atoms with Crippen molar-refractivity contribution in [2.24, 2.45) is 0 Å². The first-order chi connectivity index (χ1) is 10.6. The average Bonchev–Trinajstić information content (AvgIpc) is 3.00. The van der Waals surface area contributed by atoms with E-state index < -0.39 is 6.29 Å². The van der Waals surface area contributed by atoms with E-state index in [1.54, 1.807) is 6.20 Å². The number of ether oxygens (including phenoxy) is 2. The molecule has 3 aromatic rings. The number of fused-ring (bicyclic) bond motifs is 2. The molecule has 0 saturated heterocycles. The van der Waals surface area contributed by atoms with E-state index in [2.05, 4.69) is 24.4 Å². The summed E-state index contributed by atoms with van der Waals surface area (Å²) in [5, 5.41) is 0.677. The van der Waals surface area contributed by atoms with Crippen LogP contribution in [0.3, 0.4) is 0 Å². The molecule has 4 rings (SSSR count). The number of rotatable bonds is 3. The molecule has 1 aromatic carbocycles. The van der Waals surface area contributed by atoms with Gasteiger partial charge in [-0.15, -0.1) is 8.78 Å². The number of H-pyrrole nitrogens is 1. The van der Waals surface area contributed by atoms with Crippen molar-refractivity contribution < 1.29 is 18.3 Å². The third-order valence-electron chi connectivity index (χ3n) is 3.07. The molecule has 0 fully saturated rings. The number of hydrogen-bond acceptors (Lipinski definition) is 5. The van der Waals surface area contributed by atoms with E-state index >= 15 is 0 Å². The average molecular weight is 321 g/mol. The van der Waals surface area contributed by atoms with Gasteiger partial charge < -0.3 is 14.5 Å². The van der Waals surface area contributed by atoms with Crippen LogP contribution < -0.4 is 9.47 Å². The Balaban J connectivity index is 1.58. The molecular formula is C14H9F2N3O2S. The fraction of sp³-hybridized carbons (Fsp3) is 0.143. The zero-order valence-corrected chi connectivity index (χ0v) is 11.9. The molecule has 5 nitrogen and oxygen atoms in total. The van der Waals surface area contributed by atoms with Gasteiger partial charge in [-0.25, -0.2) is 4.98 Å². The fourth-order valence-corrected chi connectivity index (χ4v) is 2.93. The van der Waals surface area contributed by atoms with Gasteiger partial charge in [0.1, 0.15) is 0 Å². The van der Waals surface area contributed by atoms with Crippen molar-refractivity contribution in [1.29, 1.82) is 0 Å². The molecule has 0 saturated carbocycles. The van der Waals surface area contributed by atoms with Crippen LogP contribution in [-0.2, 0) is 5.75 Å². The highest BCUT2D eigenvalue weighted by molar-refractivity contribution is 7.98. The lowest BCUT2D eigenvalue weighted by Gasteiger charge is -2.04. The Morgan fingerprint density at radius 2 is 2.00 bits per heavy atom. The number of nitrogens with one attached hydrogen (secondary N) is 1. The highest BCUT2D eigenvalue weighted by atomic mass is 32.2. The number of imidazole rings is 1. The van der Waals surface area contributed by atoms with E-state index in [-0.39, 0.29) is 11.5 Å². The molecule has 1 N–H and O–H groups in total. The van der Waals surface area contributed by atoms with Crippen LogP contribution in [0.4, 0.5) is 8.78 Å². The minimum atomic E-state index is -3.61. The minimum Gasteiger partial charge on any atom is -0.395 e. The fourth-order valence-electron chi connectivity index (χ4n) is 2.12. The van der Waals surface area contributed by atoms with E-state index in [4.69, 9.17) is 0 Å². The predicted octanol–water partition coefficient (Wildman–Crippen LogP) is 3.57. The number of thioether (sulfide) groups is 1. The maximum atomic E-state index is 13.0. The van der Waals surface area contributed by atoms with Crippen molar-refractivity contribution in [1.82, 2.24) is 15.0 Å². The van der Waals surface area contributed by atoms with Crippen molar-refractivity contribution in [2.45, 2.75) is 17.2 Å². The quantitative estimate of drug-likeness (QED) is 0.747. The lowest BCUT2D eigenvalue weighted by Crippen LogP contribution is -2.25. The summed E-state index contributed by atoms with van der Waals surface area (Å²) in [4.78, 5) is 11.6. The van der Waals surface area contributed by atoms with Gasteiger partial charge in [-0.2, -0.15) is 0 Å². The highest BCUT2D eigenvalue weighted by Gasteiger charge is 2.43. The molecular weight excluding hydrogens is 312 g/mol. The Morgan fingerprint density at radius 3 is 2.77 bits per heavy atom. The molecule has 112 valence electrons. The smallest absolute Gasteiger partial charge is 0.395 e. The van der Waals surface area contributed by atoms with E-state index in [0.717, 1.165) is 5.69 Å². The molecule has 0 amide bonds. The van der Waals surface area contributed by atoms with E-state index in [9.17, 15) is 8.78 Å². The largest absolute Gasteiger partial charge is 0.586 e. The number of benzene rings is 1. The first kappa shape index (κ1) is 13.3. The van der Waals surface area contributed by atoms with Crippen molar-refractivity contribution >= 4 is 22.8 Å². The lowest BCUT2D eigenvalue weighted by atomic mass is 10.3. The van der Waals surface area contributed by atoms with Gasteiger partial charge in [0.25, 0.3) is 0 Å². The molecule has 2 aromatic heterocycles. The van der Waals surface area contributed by atoms with Gasteiger partial charge in [-0.3, -0.25) is 4.98 Å². The molecule has 0 atom stereocenters. The van der Waals surface area contributed by atoms with Gasteiger partial charge in [0.05, 0.1) is 16.7 Å². The van der Waals surface area contributed by atoms with Crippen LogP contribution in [0.1, 0.15) is 5.69 Å². The Kier molecular flexibility index (Phi) is 2.93. The summed E-state index contributed by atoms with van der Waals surface area (Å²) in [5.41, 5.74) is 2.09. The summed E-state index contributed by atoms with van der Waals surface area (Å²) >= 11 is 1.48. The normalized spacial score (nSPS) is 15.4. The summed E-state index contributed by atoms with van der Waals surface area (Å²) < 4.78 is 34.8. The predicted molar refractivity (Wildman–Crippen MR) is 76.1 cm³/mol. The highest BCUT2D eigenvalue weighted by Crippen LogP contribution is 2.43. The van der Waals surface area contributed by atoms with Crippen LogP contribution in [0.15, 0.2) is 41.7 Å². The number of aromatic amines is 1. The zero-order valence-electron chi connectivity index (χ0n) is 11.0. The Hall–Kier alpha value is -2.35. The molecule has 0 bridgehead atoms. The van der Waals surface area contributed by atoms with Crippen LogP contribution in [0.5, 0.6) is 11.5 Å². The van der Waals surface area contributed by atoms with Crippen LogP contribution in [0.25, 0.3) is 11.0 Å². The lowest BCUT2D eigenvalue weighted by molar-refractivity contribution is -0.286. The molecule has 22 heavy (non-hydrogen) atoms.